The standard InChI is InChI=1S/C26H28O7S2.K/c1-35(30,31)33-24-12-10-23(11-13-24)32-16-14-19-2-4-21(5-3-19)18-25(26(28)29)34-17-15-20-6-8-22(27)9-7-20;/h2-13,25,27H,14-18H2,1H3,(H,28,29);/q;+1/p-1/t25-;/m0./s1. The van der Waals surface area contributed by atoms with Gasteiger partial charge in [-0.2, -0.15) is 20.2 Å². The predicted octanol–water partition coefficient (Wildman–Crippen LogP) is -0.00700. The van der Waals surface area contributed by atoms with Crippen molar-refractivity contribution in [2.24, 2.45) is 0 Å². The predicted molar refractivity (Wildman–Crippen MR) is 134 cm³/mol. The van der Waals surface area contributed by atoms with Crippen LogP contribution in [0.1, 0.15) is 16.7 Å². The van der Waals surface area contributed by atoms with Gasteiger partial charge in [-0.3, -0.25) is 0 Å². The number of phenolic OH excluding ortho intramolecular Hbond substituents is 1. The van der Waals surface area contributed by atoms with Crippen molar-refractivity contribution in [1.29, 1.82) is 0 Å². The largest absolute Gasteiger partial charge is 1.00 e. The summed E-state index contributed by atoms with van der Waals surface area (Å²) in [6.07, 6.45) is 2.73. The zero-order valence-electron chi connectivity index (χ0n) is 20.3. The number of hydrogen-bond donors (Lipinski definition) is 1. The number of benzene rings is 3. The summed E-state index contributed by atoms with van der Waals surface area (Å²) in [6, 6.07) is 21.0. The van der Waals surface area contributed by atoms with Crippen LogP contribution < -0.4 is 65.4 Å². The van der Waals surface area contributed by atoms with Gasteiger partial charge in [0.1, 0.15) is 17.2 Å². The minimum absolute atomic E-state index is 0. The number of aromatic hydroxyl groups is 1. The molecule has 0 heterocycles. The molecule has 0 saturated heterocycles. The number of thioether (sulfide) groups is 1. The van der Waals surface area contributed by atoms with Gasteiger partial charge in [-0.05, 0) is 71.7 Å². The Morgan fingerprint density at radius 2 is 1.42 bits per heavy atom. The molecule has 7 nitrogen and oxygen atoms in total. The van der Waals surface area contributed by atoms with Crippen LogP contribution in [0.15, 0.2) is 72.8 Å². The van der Waals surface area contributed by atoms with E-state index in [-0.39, 0.29) is 62.9 Å². The minimum Gasteiger partial charge on any atom is -0.549 e. The van der Waals surface area contributed by atoms with Crippen molar-refractivity contribution >= 4 is 27.8 Å². The van der Waals surface area contributed by atoms with Crippen molar-refractivity contribution in [3.63, 3.8) is 0 Å². The average molecular weight is 555 g/mol. The first-order valence-corrected chi connectivity index (χ1v) is 13.8. The van der Waals surface area contributed by atoms with E-state index in [1.165, 1.54) is 23.9 Å². The van der Waals surface area contributed by atoms with Gasteiger partial charge in [-0.25, -0.2) is 0 Å². The van der Waals surface area contributed by atoms with Crippen LogP contribution in [0, 0.1) is 0 Å². The van der Waals surface area contributed by atoms with Crippen molar-refractivity contribution in [3.05, 3.63) is 89.5 Å². The average Bonchev–Trinajstić information content (AvgIpc) is 2.81. The second-order valence-corrected chi connectivity index (χ2v) is 10.9. The van der Waals surface area contributed by atoms with Gasteiger partial charge in [-0.1, -0.05) is 36.4 Å². The molecule has 0 radical (unpaired) electrons. The molecule has 1 atom stereocenters. The third kappa shape index (κ3) is 11.2. The van der Waals surface area contributed by atoms with Crippen molar-refractivity contribution in [2.75, 3.05) is 18.6 Å². The Kier molecular flexibility index (Phi) is 12.8. The molecule has 0 amide bonds. The van der Waals surface area contributed by atoms with Gasteiger partial charge in [0, 0.05) is 11.7 Å². The van der Waals surface area contributed by atoms with E-state index >= 15 is 0 Å². The van der Waals surface area contributed by atoms with Crippen LogP contribution in [-0.2, 0) is 34.2 Å². The van der Waals surface area contributed by atoms with E-state index in [2.05, 4.69) is 0 Å². The van der Waals surface area contributed by atoms with E-state index < -0.39 is 21.3 Å². The number of carbonyl (C=O) groups excluding carboxylic acids is 1. The van der Waals surface area contributed by atoms with E-state index in [1.54, 1.807) is 24.3 Å². The maximum Gasteiger partial charge on any atom is 1.00 e. The maximum absolute atomic E-state index is 11.6. The monoisotopic (exact) mass is 554 g/mol. The summed E-state index contributed by atoms with van der Waals surface area (Å²) in [6.45, 7) is 0.431. The van der Waals surface area contributed by atoms with Gasteiger partial charge < -0.3 is 23.9 Å². The fourth-order valence-electron chi connectivity index (χ4n) is 3.30. The summed E-state index contributed by atoms with van der Waals surface area (Å²) in [5.41, 5.74) is 3.01. The third-order valence-electron chi connectivity index (χ3n) is 5.08. The van der Waals surface area contributed by atoms with E-state index in [4.69, 9.17) is 8.92 Å². The van der Waals surface area contributed by atoms with Crippen LogP contribution in [0.25, 0.3) is 0 Å². The second-order valence-electron chi connectivity index (χ2n) is 7.97. The minimum atomic E-state index is -3.56. The fourth-order valence-corrected chi connectivity index (χ4v) is 4.85. The van der Waals surface area contributed by atoms with Crippen LogP contribution in [0.2, 0.25) is 0 Å². The Morgan fingerprint density at radius 3 is 2.00 bits per heavy atom. The Hall–Kier alpha value is -1.53. The molecule has 0 aliphatic rings. The second kappa shape index (κ2) is 15.0. The molecule has 0 unspecified atom stereocenters. The molecule has 0 fully saturated rings. The quantitative estimate of drug-likeness (QED) is 0.232. The van der Waals surface area contributed by atoms with Gasteiger partial charge in [0.2, 0.25) is 0 Å². The summed E-state index contributed by atoms with van der Waals surface area (Å²) in [7, 11) is -3.56. The molecule has 0 aliphatic heterocycles. The van der Waals surface area contributed by atoms with Crippen molar-refractivity contribution in [3.8, 4) is 17.2 Å². The van der Waals surface area contributed by atoms with E-state index in [0.717, 1.165) is 22.9 Å². The summed E-state index contributed by atoms with van der Waals surface area (Å²) >= 11 is 1.36. The number of ether oxygens (including phenoxy) is 1. The third-order valence-corrected chi connectivity index (χ3v) is 6.78. The molecule has 0 bridgehead atoms. The number of carbonyl (C=O) groups is 1. The molecule has 3 aromatic rings. The first-order chi connectivity index (χ1) is 16.7. The van der Waals surface area contributed by atoms with Crippen LogP contribution in [-0.4, -0.2) is 43.4 Å². The van der Waals surface area contributed by atoms with Crippen LogP contribution in [0.5, 0.6) is 17.2 Å². The van der Waals surface area contributed by atoms with E-state index in [0.29, 0.717) is 37.4 Å². The molecule has 1 N–H and O–H groups in total. The molecule has 10 heteroatoms. The number of hydrogen-bond acceptors (Lipinski definition) is 8. The molecule has 0 spiro atoms. The molecular formula is C26H27KO7S2. The zero-order valence-corrected chi connectivity index (χ0v) is 25.0. The van der Waals surface area contributed by atoms with Gasteiger partial charge in [-0.15, -0.1) is 0 Å². The topological polar surface area (TPSA) is 113 Å². The molecule has 3 rings (SSSR count). The van der Waals surface area contributed by atoms with Crippen molar-refractivity contribution in [2.45, 2.75) is 24.5 Å². The van der Waals surface area contributed by atoms with Crippen LogP contribution in [0.3, 0.4) is 0 Å². The molecule has 0 aliphatic carbocycles. The van der Waals surface area contributed by atoms with Crippen LogP contribution in [0.4, 0.5) is 0 Å². The number of carboxylic acid groups (broad SMARTS) is 1. The Balaban J connectivity index is 0.00000456. The maximum atomic E-state index is 11.6. The first kappa shape index (κ1) is 30.7. The zero-order chi connectivity index (χ0) is 25.3. The molecule has 186 valence electrons. The smallest absolute Gasteiger partial charge is 0.549 e. The molecule has 3 aromatic carbocycles. The summed E-state index contributed by atoms with van der Waals surface area (Å²) in [5, 5.41) is 20.3. The molecule has 36 heavy (non-hydrogen) atoms. The molecule has 0 saturated carbocycles. The summed E-state index contributed by atoms with van der Waals surface area (Å²) in [4.78, 5) is 11.6. The summed E-state index contributed by atoms with van der Waals surface area (Å²) in [5.74, 6) is 0.596. The number of aliphatic carboxylic acids is 1. The summed E-state index contributed by atoms with van der Waals surface area (Å²) < 4.78 is 32.8. The number of aryl methyl sites for hydroxylation is 1. The van der Waals surface area contributed by atoms with Gasteiger partial charge in [0.05, 0.1) is 18.8 Å². The number of carboxylic acids is 1. The fraction of sp³-hybridized carbons (Fsp3) is 0.269. The van der Waals surface area contributed by atoms with Crippen molar-refractivity contribution < 1.29 is 83.7 Å². The Labute approximate surface area is 258 Å². The van der Waals surface area contributed by atoms with E-state index in [9.17, 15) is 23.4 Å². The first-order valence-electron chi connectivity index (χ1n) is 11.0. The Morgan fingerprint density at radius 1 is 0.889 bits per heavy atom. The molecular weight excluding hydrogens is 528 g/mol. The van der Waals surface area contributed by atoms with Crippen molar-refractivity contribution in [1.82, 2.24) is 0 Å². The normalized spacial score (nSPS) is 11.8. The SMILES string of the molecule is CS(=O)(=O)Oc1ccc(OCCc2ccc(C[C@H](SCCc3ccc(O)cc3)C(=O)[O-])cc2)cc1.[K+]. The number of phenols is 1. The van der Waals surface area contributed by atoms with Gasteiger partial charge in [0.15, 0.2) is 0 Å². The van der Waals surface area contributed by atoms with Crippen LogP contribution >= 0.6 is 11.8 Å². The van der Waals surface area contributed by atoms with Gasteiger partial charge in [0.25, 0.3) is 0 Å². The van der Waals surface area contributed by atoms with E-state index in [1.807, 2.05) is 36.4 Å². The van der Waals surface area contributed by atoms with Gasteiger partial charge >= 0.3 is 61.5 Å². The number of rotatable bonds is 13. The molecule has 0 aromatic heterocycles. The Bertz CT molecular complexity index is 1200.